The lowest BCUT2D eigenvalue weighted by Gasteiger charge is -2.40. The number of ether oxygens (including phenoxy) is 1. The molecule has 29 heavy (non-hydrogen) atoms. The summed E-state index contributed by atoms with van der Waals surface area (Å²) < 4.78 is 11.9. The molecule has 1 N–H and O–H groups in total. The van der Waals surface area contributed by atoms with Crippen LogP contribution in [-0.2, 0) is 4.74 Å². The second-order valence-electron chi connectivity index (χ2n) is 8.55. The summed E-state index contributed by atoms with van der Waals surface area (Å²) in [7, 11) is 0. The minimum atomic E-state index is -0.382. The van der Waals surface area contributed by atoms with Crippen molar-refractivity contribution in [1.82, 2.24) is 9.80 Å². The third-order valence-electron chi connectivity index (χ3n) is 6.53. The molecule has 1 amide bonds. The molecule has 0 aromatic carbocycles. The molecule has 0 unspecified atom stereocenters. The molecule has 154 valence electrons. The number of aliphatic hydroxyl groups is 1. The molecule has 7 heteroatoms. The van der Waals surface area contributed by atoms with Crippen LogP contribution < -0.4 is 0 Å². The predicted molar refractivity (Wildman–Crippen MR) is 111 cm³/mol. The molecular weight excluding hydrogens is 388 g/mol. The molecule has 5 rings (SSSR count). The zero-order valence-corrected chi connectivity index (χ0v) is 17.3. The van der Waals surface area contributed by atoms with Crippen molar-refractivity contribution in [2.45, 2.75) is 18.6 Å². The molecule has 3 aliphatic heterocycles. The number of morpholine rings is 1. The lowest BCUT2D eigenvalue weighted by Crippen LogP contribution is -2.54. The largest absolute Gasteiger partial charge is 0.465 e. The van der Waals surface area contributed by atoms with Crippen molar-refractivity contribution in [2.24, 2.45) is 11.8 Å². The SMILES string of the molecule is C/C(=C\c1ccco1)CN1C[C@H]2O[C@]3(C1)CN(C(=O)c1ccsc1)C[C@@H]3[C@@H]2CO. The van der Waals surface area contributed by atoms with E-state index in [0.29, 0.717) is 13.1 Å². The first-order valence-corrected chi connectivity index (χ1v) is 11.1. The fourth-order valence-electron chi connectivity index (χ4n) is 5.38. The van der Waals surface area contributed by atoms with Crippen LogP contribution in [0.1, 0.15) is 23.0 Å². The fourth-order valence-corrected chi connectivity index (χ4v) is 6.01. The van der Waals surface area contributed by atoms with E-state index in [2.05, 4.69) is 17.9 Å². The highest BCUT2D eigenvalue weighted by atomic mass is 32.1. The molecule has 0 aliphatic carbocycles. The van der Waals surface area contributed by atoms with Gasteiger partial charge >= 0.3 is 0 Å². The van der Waals surface area contributed by atoms with Gasteiger partial charge < -0.3 is 19.2 Å². The van der Waals surface area contributed by atoms with Gasteiger partial charge in [0.15, 0.2) is 0 Å². The van der Waals surface area contributed by atoms with E-state index in [1.807, 2.05) is 33.9 Å². The van der Waals surface area contributed by atoms with E-state index >= 15 is 0 Å². The number of carbonyl (C=O) groups excluding carboxylic acids is 1. The minimum Gasteiger partial charge on any atom is -0.465 e. The normalized spacial score (nSPS) is 32.0. The van der Waals surface area contributed by atoms with E-state index < -0.39 is 0 Å². The van der Waals surface area contributed by atoms with Crippen molar-refractivity contribution < 1.29 is 19.1 Å². The standard InChI is InChI=1S/C22H26N2O4S/c1-15(7-17-3-2-5-27-17)8-23-10-20-18(11-25)19-9-24(14-22(19,13-23)28-20)21(26)16-4-6-29-12-16/h2-7,12,18-20,25H,8-11,13-14H2,1H3/b15-7+/t18-,19+,20+,22+/m0/s1. The Morgan fingerprint density at radius 2 is 2.28 bits per heavy atom. The Balaban J connectivity index is 1.34. The van der Waals surface area contributed by atoms with Crippen LogP contribution in [0.2, 0.25) is 0 Å². The van der Waals surface area contributed by atoms with E-state index in [0.717, 1.165) is 31.0 Å². The summed E-state index contributed by atoms with van der Waals surface area (Å²) in [6.45, 7) is 5.88. The molecule has 0 saturated carbocycles. The summed E-state index contributed by atoms with van der Waals surface area (Å²) in [5.74, 6) is 1.18. The van der Waals surface area contributed by atoms with Crippen molar-refractivity contribution in [3.8, 4) is 0 Å². The summed E-state index contributed by atoms with van der Waals surface area (Å²) in [6.07, 6.45) is 3.77. The molecule has 6 nitrogen and oxygen atoms in total. The molecule has 2 bridgehead atoms. The Morgan fingerprint density at radius 1 is 1.38 bits per heavy atom. The van der Waals surface area contributed by atoms with E-state index in [1.54, 1.807) is 6.26 Å². The van der Waals surface area contributed by atoms with Gasteiger partial charge in [-0.25, -0.2) is 0 Å². The highest BCUT2D eigenvalue weighted by Gasteiger charge is 2.62. The quantitative estimate of drug-likeness (QED) is 0.815. The molecule has 1 spiro atoms. The van der Waals surface area contributed by atoms with Crippen molar-refractivity contribution in [2.75, 3.05) is 39.3 Å². The number of nitrogens with zero attached hydrogens (tertiary/aromatic N) is 2. The minimum absolute atomic E-state index is 0.0218. The van der Waals surface area contributed by atoms with Gasteiger partial charge in [0.25, 0.3) is 5.91 Å². The summed E-state index contributed by atoms with van der Waals surface area (Å²) >= 11 is 1.54. The van der Waals surface area contributed by atoms with Gasteiger partial charge in [-0.1, -0.05) is 5.57 Å². The van der Waals surface area contributed by atoms with Crippen LogP contribution in [-0.4, -0.2) is 71.8 Å². The van der Waals surface area contributed by atoms with Gasteiger partial charge in [-0.05, 0) is 36.6 Å². The molecule has 3 fully saturated rings. The van der Waals surface area contributed by atoms with E-state index in [4.69, 9.17) is 9.15 Å². The second-order valence-corrected chi connectivity index (χ2v) is 9.33. The van der Waals surface area contributed by atoms with Crippen molar-refractivity contribution in [1.29, 1.82) is 0 Å². The van der Waals surface area contributed by atoms with Crippen LogP contribution in [0.5, 0.6) is 0 Å². The molecule has 4 atom stereocenters. The maximum absolute atomic E-state index is 12.9. The maximum atomic E-state index is 12.9. The Morgan fingerprint density at radius 3 is 3.00 bits per heavy atom. The first-order chi connectivity index (χ1) is 14.1. The molecule has 0 radical (unpaired) electrons. The van der Waals surface area contributed by atoms with Crippen LogP contribution in [0.4, 0.5) is 0 Å². The topological polar surface area (TPSA) is 66.2 Å². The van der Waals surface area contributed by atoms with E-state index in [9.17, 15) is 9.90 Å². The predicted octanol–water partition coefficient (Wildman–Crippen LogP) is 2.58. The molecule has 3 aliphatic rings. The Hall–Kier alpha value is -1.93. The lowest BCUT2D eigenvalue weighted by molar-refractivity contribution is -0.114. The average Bonchev–Trinajstić information content (AvgIpc) is 3.45. The summed E-state index contributed by atoms with van der Waals surface area (Å²) in [5.41, 5.74) is 1.58. The van der Waals surface area contributed by atoms with Gasteiger partial charge in [0.05, 0.1) is 24.5 Å². The average molecular weight is 415 g/mol. The zero-order chi connectivity index (χ0) is 20.0. The van der Waals surface area contributed by atoms with Crippen LogP contribution in [0.3, 0.4) is 0 Å². The third-order valence-corrected chi connectivity index (χ3v) is 7.22. The summed E-state index contributed by atoms with van der Waals surface area (Å²) in [5, 5.41) is 13.9. The summed E-state index contributed by atoms with van der Waals surface area (Å²) in [6, 6.07) is 5.72. The Kier molecular flexibility index (Phi) is 4.86. The number of hydrogen-bond donors (Lipinski definition) is 1. The van der Waals surface area contributed by atoms with Gasteiger partial charge in [0, 0.05) is 50.0 Å². The fraction of sp³-hybridized carbons (Fsp3) is 0.500. The number of likely N-dealkylation sites (tertiary alicyclic amines) is 2. The third kappa shape index (κ3) is 3.36. The summed E-state index contributed by atoms with van der Waals surface area (Å²) in [4.78, 5) is 17.2. The van der Waals surface area contributed by atoms with Crippen LogP contribution in [0.15, 0.2) is 45.2 Å². The first-order valence-electron chi connectivity index (χ1n) is 10.1. The highest BCUT2D eigenvalue weighted by Crippen LogP contribution is 2.49. The molecule has 2 aromatic rings. The second kappa shape index (κ2) is 7.40. The number of thiophene rings is 1. The number of fused-ring (bicyclic) bond motifs is 1. The first kappa shape index (κ1) is 19.1. The molecule has 2 aromatic heterocycles. The molecule has 5 heterocycles. The van der Waals surface area contributed by atoms with Gasteiger partial charge in [-0.15, -0.1) is 0 Å². The Labute approximate surface area is 174 Å². The van der Waals surface area contributed by atoms with Gasteiger partial charge in [0.2, 0.25) is 0 Å². The number of aliphatic hydroxyl groups excluding tert-OH is 1. The Bertz CT molecular complexity index is 894. The van der Waals surface area contributed by atoms with Crippen LogP contribution >= 0.6 is 11.3 Å². The monoisotopic (exact) mass is 414 g/mol. The number of carbonyl (C=O) groups is 1. The van der Waals surface area contributed by atoms with Crippen molar-refractivity contribution >= 4 is 23.3 Å². The highest BCUT2D eigenvalue weighted by molar-refractivity contribution is 7.08. The van der Waals surface area contributed by atoms with Gasteiger partial charge in [-0.3, -0.25) is 9.69 Å². The lowest BCUT2D eigenvalue weighted by atomic mass is 9.83. The molecular formula is C22H26N2O4S. The zero-order valence-electron chi connectivity index (χ0n) is 16.5. The van der Waals surface area contributed by atoms with E-state index in [1.165, 1.54) is 16.9 Å². The van der Waals surface area contributed by atoms with Crippen molar-refractivity contribution in [3.63, 3.8) is 0 Å². The maximum Gasteiger partial charge on any atom is 0.254 e. The van der Waals surface area contributed by atoms with Gasteiger partial charge in [0.1, 0.15) is 11.4 Å². The van der Waals surface area contributed by atoms with E-state index in [-0.39, 0.29) is 36.1 Å². The number of hydrogen-bond acceptors (Lipinski definition) is 6. The van der Waals surface area contributed by atoms with Crippen molar-refractivity contribution in [3.05, 3.63) is 52.1 Å². The smallest absolute Gasteiger partial charge is 0.254 e. The number of rotatable bonds is 5. The van der Waals surface area contributed by atoms with Crippen LogP contribution in [0.25, 0.3) is 6.08 Å². The number of amides is 1. The van der Waals surface area contributed by atoms with Gasteiger partial charge in [-0.2, -0.15) is 11.3 Å². The number of furan rings is 1. The van der Waals surface area contributed by atoms with Crippen LogP contribution in [0, 0.1) is 11.8 Å². The molecule has 3 saturated heterocycles.